The van der Waals surface area contributed by atoms with Crippen molar-refractivity contribution in [2.24, 2.45) is 0 Å². The van der Waals surface area contributed by atoms with Crippen LogP contribution >= 0.6 is 11.9 Å². The summed E-state index contributed by atoms with van der Waals surface area (Å²) in [7, 11) is 0. The molecule has 0 saturated heterocycles. The van der Waals surface area contributed by atoms with E-state index < -0.39 is 0 Å². The largest absolute Gasteiger partial charge is 0.458 e. The molecule has 9 nitrogen and oxygen atoms in total. The second kappa shape index (κ2) is 16.1. The number of nitrogens with zero attached hydrogens (tertiary/aromatic N) is 5. The molecule has 6 heterocycles. The van der Waals surface area contributed by atoms with Gasteiger partial charge in [0.05, 0.1) is 40.6 Å². The molecule has 370 valence electrons. The molecular weight excluding hydrogens is 967 g/mol. The van der Waals surface area contributed by atoms with Crippen LogP contribution in [0.25, 0.3) is 0 Å². The fourth-order valence-electron chi connectivity index (χ4n) is 12.7. The topological polar surface area (TPSA) is 115 Å². The van der Waals surface area contributed by atoms with Crippen molar-refractivity contribution in [1.29, 1.82) is 15.8 Å². The predicted molar refractivity (Wildman–Crippen MR) is 313 cm³/mol. The van der Waals surface area contributed by atoms with Crippen LogP contribution in [-0.4, -0.2) is 26.4 Å². The van der Waals surface area contributed by atoms with Gasteiger partial charge in [-0.25, -0.2) is 0 Å². The summed E-state index contributed by atoms with van der Waals surface area (Å²) in [6.07, 6.45) is 2.08. The Morgan fingerprint density at radius 3 is 1.27 bits per heavy atom. The molecule has 6 aliphatic heterocycles. The Kier molecular flexibility index (Phi) is 9.81. The zero-order valence-electron chi connectivity index (χ0n) is 44.6. The van der Waals surface area contributed by atoms with Gasteiger partial charge >= 0.3 is 0 Å². The summed E-state index contributed by atoms with van der Waals surface area (Å²) in [5.41, 5.74) is 18.5. The van der Waals surface area contributed by atoms with Crippen molar-refractivity contribution in [2.75, 3.05) is 15.5 Å². The van der Waals surface area contributed by atoms with Gasteiger partial charge in [-0.3, -0.25) is 4.31 Å². The third kappa shape index (κ3) is 6.88. The molecule has 13 heteroatoms. The lowest BCUT2D eigenvalue weighted by Gasteiger charge is -2.44. The number of benzene rings is 8. The molecule has 8 aromatic carbocycles. The summed E-state index contributed by atoms with van der Waals surface area (Å²) < 4.78 is 29.8. The molecule has 0 spiro atoms. The maximum absolute atomic E-state index is 10.7. The van der Waals surface area contributed by atoms with Gasteiger partial charge in [0.2, 0.25) is 0 Å². The van der Waals surface area contributed by atoms with Crippen LogP contribution in [0.2, 0.25) is 0 Å². The number of hydrogen-bond acceptors (Lipinski definition) is 10. The summed E-state index contributed by atoms with van der Waals surface area (Å²) in [6, 6.07) is 49.6. The van der Waals surface area contributed by atoms with E-state index in [9.17, 15) is 15.8 Å². The highest BCUT2D eigenvalue weighted by Crippen LogP contribution is 2.47. The molecule has 0 unspecified atom stereocenters. The van der Waals surface area contributed by atoms with Crippen LogP contribution in [0.4, 0.5) is 28.4 Å². The minimum Gasteiger partial charge on any atom is -0.458 e. The van der Waals surface area contributed by atoms with Gasteiger partial charge in [0.1, 0.15) is 46.0 Å². The number of hydrogen-bond donors (Lipinski definition) is 0. The SMILES string of the molecule is CSN1c2cc3c(cc2B2c4cc5c(cc4Oc4cc(C#N)cc1c42)Oc1cc(C#N)cc2c1B5c1cc(C(C)(C)C)ccc1O2)B1c2cc(C(C)(C)C)ccc2Oc2cc(C#N)cc(c21)N3c1ccc(C(C)(C)C)cc1. The van der Waals surface area contributed by atoms with E-state index in [0.717, 1.165) is 89.1 Å². The molecule has 0 N–H and O–H groups in total. The fraction of sp³-hybridized carbons (Fsp3) is 0.203. The van der Waals surface area contributed by atoms with Gasteiger partial charge in [0.25, 0.3) is 20.1 Å². The Morgan fingerprint density at radius 1 is 0.377 bits per heavy atom. The smallest absolute Gasteiger partial charge is 0.260 e. The molecule has 0 fully saturated rings. The van der Waals surface area contributed by atoms with E-state index in [1.54, 1.807) is 18.0 Å². The van der Waals surface area contributed by atoms with Gasteiger partial charge < -0.3 is 23.8 Å². The van der Waals surface area contributed by atoms with E-state index in [1.165, 1.54) is 16.7 Å². The Balaban J connectivity index is 1.06. The van der Waals surface area contributed by atoms with Crippen molar-refractivity contribution < 1.29 is 18.9 Å². The van der Waals surface area contributed by atoms with E-state index >= 15 is 0 Å². The molecule has 0 aromatic heterocycles. The van der Waals surface area contributed by atoms with Crippen LogP contribution in [0.1, 0.15) is 95.7 Å². The quantitative estimate of drug-likeness (QED) is 0.123. The molecule has 8 aromatic rings. The van der Waals surface area contributed by atoms with Crippen LogP contribution in [0.5, 0.6) is 46.0 Å². The molecule has 6 aliphatic rings. The van der Waals surface area contributed by atoms with E-state index in [0.29, 0.717) is 51.2 Å². The monoisotopic (exact) mass is 1020 g/mol. The molecule has 0 aliphatic carbocycles. The van der Waals surface area contributed by atoms with E-state index in [4.69, 9.17) is 18.9 Å². The first-order valence-corrected chi connectivity index (χ1v) is 27.4. The normalized spacial score (nSPS) is 14.4. The van der Waals surface area contributed by atoms with Gasteiger partial charge in [-0.15, -0.1) is 0 Å². The lowest BCUT2D eigenvalue weighted by atomic mass is 9.29. The number of ether oxygens (including phenoxy) is 4. The van der Waals surface area contributed by atoms with E-state index in [-0.39, 0.29) is 36.4 Å². The van der Waals surface area contributed by atoms with Crippen LogP contribution < -0.4 is 77.3 Å². The minimum absolute atomic E-state index is 0.0699. The zero-order valence-corrected chi connectivity index (χ0v) is 45.4. The van der Waals surface area contributed by atoms with Gasteiger partial charge in [-0.05, 0) is 155 Å². The van der Waals surface area contributed by atoms with Gasteiger partial charge in [0.15, 0.2) is 0 Å². The van der Waals surface area contributed by atoms with Gasteiger partial charge in [-0.2, -0.15) is 15.8 Å². The molecule has 0 amide bonds. The van der Waals surface area contributed by atoms with Crippen LogP contribution in [0, 0.1) is 34.0 Å². The molecule has 77 heavy (non-hydrogen) atoms. The molecule has 0 bridgehead atoms. The molecule has 0 radical (unpaired) electrons. The molecule has 14 rings (SSSR count). The van der Waals surface area contributed by atoms with E-state index in [1.807, 2.05) is 36.4 Å². The second-order valence-electron chi connectivity index (χ2n) is 24.3. The summed E-state index contributed by atoms with van der Waals surface area (Å²) in [6.45, 7) is 19.2. The maximum Gasteiger partial charge on any atom is 0.260 e. The van der Waals surface area contributed by atoms with Crippen LogP contribution in [0.3, 0.4) is 0 Å². The lowest BCUT2D eigenvalue weighted by molar-refractivity contribution is 0.455. The van der Waals surface area contributed by atoms with Crippen molar-refractivity contribution in [3.05, 3.63) is 155 Å². The van der Waals surface area contributed by atoms with E-state index in [2.05, 4.69) is 175 Å². The van der Waals surface area contributed by atoms with Gasteiger partial charge in [0, 0.05) is 40.5 Å². The average Bonchev–Trinajstić information content (AvgIpc) is 3.52. The third-order valence-corrected chi connectivity index (χ3v) is 17.3. The Bertz CT molecular complexity index is 4140. The van der Waals surface area contributed by atoms with Crippen LogP contribution in [-0.2, 0) is 16.2 Å². The summed E-state index contributed by atoms with van der Waals surface area (Å²) >= 11 is 1.59. The molecular formula is C64H50B3N5O4S. The lowest BCUT2D eigenvalue weighted by Crippen LogP contribution is -2.64. The summed E-state index contributed by atoms with van der Waals surface area (Å²) in [5.74, 6) is 5.22. The highest BCUT2D eigenvalue weighted by molar-refractivity contribution is 8.00. The predicted octanol–water partition coefficient (Wildman–Crippen LogP) is 9.68. The Morgan fingerprint density at radius 2 is 0.779 bits per heavy atom. The number of rotatable bonds is 2. The van der Waals surface area contributed by atoms with Crippen molar-refractivity contribution in [1.82, 2.24) is 0 Å². The van der Waals surface area contributed by atoms with Crippen molar-refractivity contribution in [3.8, 4) is 64.2 Å². The van der Waals surface area contributed by atoms with Crippen molar-refractivity contribution in [3.63, 3.8) is 0 Å². The fourth-order valence-corrected chi connectivity index (χ4v) is 13.4. The Hall–Kier alpha value is -8.43. The standard InChI is InChI=1S/C64H50B3N5O4S/c1-62(2,3)37-11-15-40(16-12-37)71-47-29-48-42(27-41(47)65-43-25-38(63(4,5)6)13-17-51(43)73-55-21-34(31-68)19-49(71)59(55)65)66-45-28-46-54(30-53(45)75-56-22-35(32-69)20-50(60(56)66)72(48)77-10)76-58-24-36(33-70)23-57-61(58)67(46)44-26-39(64(7,8)9)14-18-52(44)74-57/h11-30H,1-10H3. The zero-order chi connectivity index (χ0) is 53.4. The summed E-state index contributed by atoms with van der Waals surface area (Å²) in [5, 5.41) is 31.5. The van der Waals surface area contributed by atoms with Crippen molar-refractivity contribution in [2.45, 2.75) is 78.6 Å². The average molecular weight is 1020 g/mol. The highest BCUT2D eigenvalue weighted by Gasteiger charge is 2.49. The Labute approximate surface area is 455 Å². The summed E-state index contributed by atoms with van der Waals surface area (Å²) in [4.78, 5) is 2.32. The first-order valence-electron chi connectivity index (χ1n) is 26.2. The first kappa shape index (κ1) is 47.1. The molecule has 0 atom stereocenters. The number of nitriles is 3. The van der Waals surface area contributed by atoms with Crippen molar-refractivity contribution >= 4 is 110 Å². The number of fused-ring (bicyclic) bond motifs is 12. The highest BCUT2D eigenvalue weighted by atomic mass is 32.2. The minimum atomic E-state index is -0.353. The first-order chi connectivity index (χ1) is 36.8. The second-order valence-corrected chi connectivity index (χ2v) is 25.0. The maximum atomic E-state index is 10.7. The third-order valence-electron chi connectivity index (χ3n) is 16.5. The van der Waals surface area contributed by atoms with Crippen LogP contribution in [0.15, 0.2) is 121 Å². The number of anilines is 5. The van der Waals surface area contributed by atoms with Gasteiger partial charge in [-0.1, -0.05) is 111 Å². The molecule has 0 saturated carbocycles.